The van der Waals surface area contributed by atoms with Crippen LogP contribution in [0.3, 0.4) is 0 Å². The Morgan fingerprint density at radius 2 is 2.13 bits per heavy atom. The number of piperidine rings is 1. The molecule has 0 aromatic carbocycles. The molecule has 2 N–H and O–H groups in total. The zero-order chi connectivity index (χ0) is 11.1. The summed E-state index contributed by atoms with van der Waals surface area (Å²) in [6.07, 6.45) is 5.55. The van der Waals surface area contributed by atoms with Gasteiger partial charge in [-0.15, -0.1) is 0 Å². The number of rotatable bonds is 3. The summed E-state index contributed by atoms with van der Waals surface area (Å²) in [4.78, 5) is 2.70. The van der Waals surface area contributed by atoms with Crippen LogP contribution in [-0.2, 0) is 0 Å². The Morgan fingerprint density at radius 1 is 1.47 bits per heavy atom. The average Bonchev–Trinajstić information content (AvgIpc) is 2.96. The predicted molar refractivity (Wildman–Crippen MR) is 64.7 cm³/mol. The highest BCUT2D eigenvalue weighted by Gasteiger charge is 2.47. The van der Waals surface area contributed by atoms with Crippen molar-refractivity contribution in [1.82, 2.24) is 4.90 Å². The van der Waals surface area contributed by atoms with E-state index in [0.29, 0.717) is 11.5 Å². The number of hydrogen-bond donors (Lipinski definition) is 1. The lowest BCUT2D eigenvalue weighted by molar-refractivity contribution is 0.0403. The summed E-state index contributed by atoms with van der Waals surface area (Å²) in [5.41, 5.74) is 6.55. The van der Waals surface area contributed by atoms with Crippen LogP contribution in [0.4, 0.5) is 0 Å². The molecule has 1 heterocycles. The number of likely N-dealkylation sites (tertiary alicyclic amines) is 1. The summed E-state index contributed by atoms with van der Waals surface area (Å²) in [6, 6.07) is 1.36. The van der Waals surface area contributed by atoms with Gasteiger partial charge in [0.25, 0.3) is 0 Å². The van der Waals surface area contributed by atoms with Gasteiger partial charge in [0.2, 0.25) is 0 Å². The molecule has 0 aromatic heterocycles. The molecule has 3 unspecified atom stereocenters. The van der Waals surface area contributed by atoms with Gasteiger partial charge in [0.15, 0.2) is 0 Å². The molecule has 0 aromatic rings. The van der Waals surface area contributed by atoms with Crippen molar-refractivity contribution in [3.63, 3.8) is 0 Å². The summed E-state index contributed by atoms with van der Waals surface area (Å²) >= 11 is 0. The van der Waals surface area contributed by atoms with E-state index in [1.165, 1.54) is 32.2 Å². The fraction of sp³-hybridized carbons (Fsp3) is 1.00. The molecule has 15 heavy (non-hydrogen) atoms. The van der Waals surface area contributed by atoms with E-state index in [-0.39, 0.29) is 0 Å². The maximum absolute atomic E-state index is 5.94. The van der Waals surface area contributed by atoms with Crippen LogP contribution in [0.5, 0.6) is 0 Å². The van der Waals surface area contributed by atoms with Crippen molar-refractivity contribution >= 4 is 0 Å². The Morgan fingerprint density at radius 3 is 2.67 bits per heavy atom. The van der Waals surface area contributed by atoms with Crippen molar-refractivity contribution in [3.05, 3.63) is 0 Å². The van der Waals surface area contributed by atoms with Crippen LogP contribution >= 0.6 is 0 Å². The van der Waals surface area contributed by atoms with E-state index in [1.54, 1.807) is 0 Å². The van der Waals surface area contributed by atoms with Gasteiger partial charge in [-0.3, -0.25) is 4.90 Å². The van der Waals surface area contributed by atoms with E-state index >= 15 is 0 Å². The predicted octanol–water partition coefficient (Wildman–Crippen LogP) is 2.23. The first-order valence-electron chi connectivity index (χ1n) is 6.54. The fourth-order valence-corrected chi connectivity index (χ4v) is 3.14. The highest BCUT2D eigenvalue weighted by molar-refractivity contribution is 5.00. The standard InChI is InChI=1S/C13H26N2/c1-10-5-4-8-15(12(10)9-14)11(2)13(3)6-7-13/h10-12H,4-9,14H2,1-3H3. The Bertz CT molecular complexity index is 221. The molecule has 2 nitrogen and oxygen atoms in total. The zero-order valence-electron chi connectivity index (χ0n) is 10.5. The van der Waals surface area contributed by atoms with Gasteiger partial charge < -0.3 is 5.73 Å². The molecule has 2 aliphatic rings. The molecule has 2 heteroatoms. The van der Waals surface area contributed by atoms with Crippen LogP contribution in [0.25, 0.3) is 0 Å². The molecule has 0 spiro atoms. The van der Waals surface area contributed by atoms with Crippen LogP contribution < -0.4 is 5.73 Å². The molecule has 0 radical (unpaired) electrons. The molecule has 1 saturated carbocycles. The van der Waals surface area contributed by atoms with Gasteiger partial charge in [-0.25, -0.2) is 0 Å². The van der Waals surface area contributed by atoms with Gasteiger partial charge in [-0.2, -0.15) is 0 Å². The lowest BCUT2D eigenvalue weighted by Gasteiger charge is -2.45. The quantitative estimate of drug-likeness (QED) is 0.774. The molecule has 2 rings (SSSR count). The first-order chi connectivity index (χ1) is 7.08. The third-order valence-corrected chi connectivity index (χ3v) is 4.94. The zero-order valence-corrected chi connectivity index (χ0v) is 10.5. The SMILES string of the molecule is CC1CCCN(C(C)C2(C)CC2)C1CN. The molecule has 1 saturated heterocycles. The lowest BCUT2D eigenvalue weighted by Crippen LogP contribution is -2.54. The molecule has 1 aliphatic heterocycles. The normalized spacial score (nSPS) is 37.6. The molecule has 3 atom stereocenters. The van der Waals surface area contributed by atoms with E-state index in [2.05, 4.69) is 25.7 Å². The molecule has 2 fully saturated rings. The summed E-state index contributed by atoms with van der Waals surface area (Å²) < 4.78 is 0. The van der Waals surface area contributed by atoms with E-state index < -0.39 is 0 Å². The van der Waals surface area contributed by atoms with Gasteiger partial charge in [-0.05, 0) is 50.5 Å². The van der Waals surface area contributed by atoms with Gasteiger partial charge in [0, 0.05) is 18.6 Å². The second kappa shape index (κ2) is 4.06. The summed E-state index contributed by atoms with van der Waals surface area (Å²) in [5, 5.41) is 0. The van der Waals surface area contributed by atoms with Crippen LogP contribution in [-0.4, -0.2) is 30.1 Å². The maximum Gasteiger partial charge on any atom is 0.0247 e. The van der Waals surface area contributed by atoms with Gasteiger partial charge >= 0.3 is 0 Å². The lowest BCUT2D eigenvalue weighted by atomic mass is 9.87. The van der Waals surface area contributed by atoms with Crippen molar-refractivity contribution in [2.24, 2.45) is 17.1 Å². The highest BCUT2D eigenvalue weighted by Crippen LogP contribution is 2.50. The van der Waals surface area contributed by atoms with Crippen LogP contribution in [0.2, 0.25) is 0 Å². The monoisotopic (exact) mass is 210 g/mol. The minimum atomic E-state index is 0.602. The van der Waals surface area contributed by atoms with Gasteiger partial charge in [0.05, 0.1) is 0 Å². The van der Waals surface area contributed by atoms with Crippen LogP contribution in [0.1, 0.15) is 46.5 Å². The van der Waals surface area contributed by atoms with Gasteiger partial charge in [-0.1, -0.05) is 13.8 Å². The third-order valence-electron chi connectivity index (χ3n) is 4.94. The number of hydrogen-bond acceptors (Lipinski definition) is 2. The summed E-state index contributed by atoms with van der Waals surface area (Å²) in [5.74, 6) is 0.786. The van der Waals surface area contributed by atoms with Crippen LogP contribution in [0.15, 0.2) is 0 Å². The maximum atomic E-state index is 5.94. The fourth-order valence-electron chi connectivity index (χ4n) is 3.14. The Hall–Kier alpha value is -0.0800. The minimum Gasteiger partial charge on any atom is -0.329 e. The second-order valence-corrected chi connectivity index (χ2v) is 5.99. The van der Waals surface area contributed by atoms with Crippen molar-refractivity contribution in [3.8, 4) is 0 Å². The smallest absolute Gasteiger partial charge is 0.0247 e. The third kappa shape index (κ3) is 2.07. The Balaban J connectivity index is 2.05. The molecule has 88 valence electrons. The molecular formula is C13H26N2. The Kier molecular flexibility index (Phi) is 3.09. The largest absolute Gasteiger partial charge is 0.329 e. The van der Waals surface area contributed by atoms with E-state index in [9.17, 15) is 0 Å². The molecule has 0 amide bonds. The molecular weight excluding hydrogens is 184 g/mol. The summed E-state index contributed by atoms with van der Waals surface area (Å²) in [7, 11) is 0. The molecule has 0 bridgehead atoms. The first-order valence-corrected chi connectivity index (χ1v) is 6.54. The summed E-state index contributed by atoms with van der Waals surface area (Å²) in [6.45, 7) is 9.31. The van der Waals surface area contributed by atoms with E-state index in [1.807, 2.05) is 0 Å². The van der Waals surface area contributed by atoms with Crippen molar-refractivity contribution in [1.29, 1.82) is 0 Å². The van der Waals surface area contributed by atoms with Crippen molar-refractivity contribution < 1.29 is 0 Å². The Labute approximate surface area is 94.2 Å². The average molecular weight is 210 g/mol. The number of nitrogens with zero attached hydrogens (tertiary/aromatic N) is 1. The minimum absolute atomic E-state index is 0.602. The first kappa shape index (κ1) is 11.4. The number of nitrogens with two attached hydrogens (primary N) is 1. The van der Waals surface area contributed by atoms with Crippen molar-refractivity contribution in [2.45, 2.75) is 58.5 Å². The van der Waals surface area contributed by atoms with Crippen molar-refractivity contribution in [2.75, 3.05) is 13.1 Å². The van der Waals surface area contributed by atoms with Gasteiger partial charge in [0.1, 0.15) is 0 Å². The topological polar surface area (TPSA) is 29.3 Å². The van der Waals surface area contributed by atoms with Crippen LogP contribution in [0, 0.1) is 11.3 Å². The highest BCUT2D eigenvalue weighted by atomic mass is 15.2. The van der Waals surface area contributed by atoms with E-state index in [4.69, 9.17) is 5.73 Å². The second-order valence-electron chi connectivity index (χ2n) is 5.99. The van der Waals surface area contributed by atoms with E-state index in [0.717, 1.165) is 18.5 Å². The molecule has 1 aliphatic carbocycles.